The van der Waals surface area contributed by atoms with Gasteiger partial charge in [0, 0.05) is 17.1 Å². The van der Waals surface area contributed by atoms with Gasteiger partial charge in [-0.05, 0) is 66.2 Å². The van der Waals surface area contributed by atoms with Gasteiger partial charge in [-0.15, -0.1) is 0 Å². The molecule has 1 atom stereocenters. The quantitative estimate of drug-likeness (QED) is 0.432. The molecule has 1 heterocycles. The zero-order valence-corrected chi connectivity index (χ0v) is 20.8. The third-order valence-corrected chi connectivity index (χ3v) is 6.74. The van der Waals surface area contributed by atoms with E-state index < -0.39 is 5.25 Å². The fourth-order valence-corrected chi connectivity index (χ4v) is 4.75. The van der Waals surface area contributed by atoms with Crippen LogP contribution in [0.15, 0.2) is 77.8 Å². The van der Waals surface area contributed by atoms with E-state index in [1.54, 1.807) is 43.4 Å². The molecule has 9 heteroatoms. The number of benzene rings is 3. The van der Waals surface area contributed by atoms with E-state index in [-0.39, 0.29) is 18.2 Å². The van der Waals surface area contributed by atoms with Gasteiger partial charge >= 0.3 is 0 Å². The van der Waals surface area contributed by atoms with Crippen molar-refractivity contribution in [1.29, 1.82) is 0 Å². The summed E-state index contributed by atoms with van der Waals surface area (Å²) in [5.41, 5.74) is 2.23. The first-order valence-electron chi connectivity index (χ1n) is 10.8. The van der Waals surface area contributed by atoms with Crippen molar-refractivity contribution in [3.05, 3.63) is 83.4 Å². The molecule has 0 spiro atoms. The third-order valence-electron chi connectivity index (χ3n) is 5.32. The van der Waals surface area contributed by atoms with Gasteiger partial charge in [0.15, 0.2) is 5.17 Å². The van der Waals surface area contributed by atoms with Gasteiger partial charge in [-0.3, -0.25) is 14.5 Å². The Bertz CT molecular complexity index is 1210. The highest BCUT2D eigenvalue weighted by Crippen LogP contribution is 2.33. The van der Waals surface area contributed by atoms with E-state index >= 15 is 0 Å². The Balaban J connectivity index is 1.54. The van der Waals surface area contributed by atoms with Gasteiger partial charge in [-0.25, -0.2) is 4.99 Å². The minimum absolute atomic E-state index is 0.0207. The number of aliphatic imine (C=N–C) groups is 1. The smallest absolute Gasteiger partial charge is 0.242 e. The van der Waals surface area contributed by atoms with Crippen LogP contribution in [0.5, 0.6) is 11.5 Å². The van der Waals surface area contributed by atoms with Gasteiger partial charge in [0.25, 0.3) is 0 Å². The number of ether oxygens (including phenoxy) is 2. The molecule has 2 amide bonds. The van der Waals surface area contributed by atoms with Crippen molar-refractivity contribution >= 4 is 51.7 Å². The number of anilines is 1. The molecule has 0 saturated carbocycles. The van der Waals surface area contributed by atoms with Crippen LogP contribution in [0.3, 0.4) is 0 Å². The summed E-state index contributed by atoms with van der Waals surface area (Å²) in [6.07, 6.45) is 0.0207. The summed E-state index contributed by atoms with van der Waals surface area (Å²) in [7, 11) is 3.21. The molecule has 0 aliphatic carbocycles. The van der Waals surface area contributed by atoms with E-state index in [2.05, 4.69) is 5.32 Å². The van der Waals surface area contributed by atoms with E-state index in [9.17, 15) is 9.59 Å². The highest BCUT2D eigenvalue weighted by Gasteiger charge is 2.39. The van der Waals surface area contributed by atoms with E-state index in [0.29, 0.717) is 28.1 Å². The van der Waals surface area contributed by atoms with Gasteiger partial charge in [-0.2, -0.15) is 0 Å². The van der Waals surface area contributed by atoms with E-state index in [1.807, 2.05) is 48.5 Å². The van der Waals surface area contributed by atoms with Crippen molar-refractivity contribution in [2.75, 3.05) is 19.5 Å². The predicted molar refractivity (Wildman–Crippen MR) is 140 cm³/mol. The molecule has 3 aromatic rings. The molecule has 0 radical (unpaired) electrons. The second-order valence-electron chi connectivity index (χ2n) is 7.73. The molecule has 0 bridgehead atoms. The number of hydrogen-bond donors (Lipinski definition) is 1. The first kappa shape index (κ1) is 24.6. The number of methoxy groups -OCH3 is 2. The summed E-state index contributed by atoms with van der Waals surface area (Å²) < 4.78 is 10.4. The molecule has 1 fully saturated rings. The van der Waals surface area contributed by atoms with Crippen molar-refractivity contribution < 1.29 is 19.1 Å². The number of thioether (sulfide) groups is 1. The Hall–Kier alpha value is -3.49. The summed E-state index contributed by atoms with van der Waals surface area (Å²) in [5, 5.41) is 3.36. The fraction of sp³-hybridized carbons (Fsp3) is 0.192. The topological polar surface area (TPSA) is 80.2 Å². The summed E-state index contributed by atoms with van der Waals surface area (Å²) in [6, 6.07) is 21.6. The molecule has 1 aliphatic rings. The van der Waals surface area contributed by atoms with Crippen LogP contribution in [0.1, 0.15) is 12.0 Å². The number of hydrogen-bond acceptors (Lipinski definition) is 6. The van der Waals surface area contributed by atoms with Crippen LogP contribution in [0, 0.1) is 0 Å². The van der Waals surface area contributed by atoms with Gasteiger partial charge in [0.1, 0.15) is 16.7 Å². The van der Waals surface area contributed by atoms with Gasteiger partial charge < -0.3 is 14.8 Å². The Morgan fingerprint density at radius 1 is 0.971 bits per heavy atom. The summed E-state index contributed by atoms with van der Waals surface area (Å²) in [6.45, 7) is 0.333. The molecule has 3 aromatic carbocycles. The maximum Gasteiger partial charge on any atom is 0.242 e. The highest BCUT2D eigenvalue weighted by atomic mass is 35.5. The number of amides is 2. The molecule has 0 unspecified atom stereocenters. The van der Waals surface area contributed by atoms with Gasteiger partial charge in [0.2, 0.25) is 11.8 Å². The highest BCUT2D eigenvalue weighted by molar-refractivity contribution is 8.15. The van der Waals surface area contributed by atoms with Crippen LogP contribution < -0.4 is 14.8 Å². The van der Waals surface area contributed by atoms with Crippen molar-refractivity contribution in [3.63, 3.8) is 0 Å². The van der Waals surface area contributed by atoms with Crippen LogP contribution in [0.4, 0.5) is 11.4 Å². The van der Waals surface area contributed by atoms with E-state index in [4.69, 9.17) is 26.1 Å². The number of nitrogens with one attached hydrogen (secondary N) is 1. The Labute approximate surface area is 213 Å². The van der Waals surface area contributed by atoms with Crippen molar-refractivity contribution in [1.82, 2.24) is 4.90 Å². The van der Waals surface area contributed by atoms with Crippen molar-refractivity contribution in [3.8, 4) is 11.5 Å². The molecule has 35 heavy (non-hydrogen) atoms. The lowest BCUT2D eigenvalue weighted by Crippen LogP contribution is -2.33. The Kier molecular flexibility index (Phi) is 7.94. The lowest BCUT2D eigenvalue weighted by Gasteiger charge is -2.17. The van der Waals surface area contributed by atoms with E-state index in [1.165, 1.54) is 11.8 Å². The number of rotatable bonds is 8. The van der Waals surface area contributed by atoms with Crippen LogP contribution >= 0.6 is 23.4 Å². The predicted octanol–water partition coefficient (Wildman–Crippen LogP) is 5.52. The SMILES string of the molecule is COc1ccc(CN2C(=O)[C@H](CC(=O)Nc3ccc(Cl)cc3)SC2=Nc2ccc(OC)cc2)cc1. The molecule has 1 saturated heterocycles. The molecular weight excluding hydrogens is 486 g/mol. The Morgan fingerprint density at radius 3 is 2.17 bits per heavy atom. The number of halogens is 1. The van der Waals surface area contributed by atoms with Crippen molar-refractivity contribution in [2.45, 2.75) is 18.2 Å². The van der Waals surface area contributed by atoms with Gasteiger partial charge in [0.05, 0.1) is 26.5 Å². The first-order chi connectivity index (χ1) is 16.9. The molecule has 1 N–H and O–H groups in total. The maximum atomic E-state index is 13.3. The van der Waals surface area contributed by atoms with Crippen LogP contribution in [0.25, 0.3) is 0 Å². The largest absolute Gasteiger partial charge is 0.497 e. The van der Waals surface area contributed by atoms with Crippen LogP contribution in [-0.2, 0) is 16.1 Å². The lowest BCUT2D eigenvalue weighted by atomic mass is 10.2. The third kappa shape index (κ3) is 6.35. The molecular formula is C26H24ClN3O4S. The minimum atomic E-state index is -0.586. The summed E-state index contributed by atoms with van der Waals surface area (Å²) in [5.74, 6) is 1.04. The molecule has 7 nitrogen and oxygen atoms in total. The monoisotopic (exact) mass is 509 g/mol. The van der Waals surface area contributed by atoms with Crippen molar-refractivity contribution in [2.24, 2.45) is 4.99 Å². The summed E-state index contributed by atoms with van der Waals surface area (Å²) >= 11 is 7.20. The Morgan fingerprint density at radius 2 is 1.57 bits per heavy atom. The second kappa shape index (κ2) is 11.3. The number of amidine groups is 1. The number of carbonyl (C=O) groups is 2. The molecule has 1 aliphatic heterocycles. The van der Waals surface area contributed by atoms with Crippen LogP contribution in [-0.4, -0.2) is 41.4 Å². The molecule has 0 aromatic heterocycles. The summed E-state index contributed by atoms with van der Waals surface area (Å²) in [4.78, 5) is 32.3. The zero-order valence-electron chi connectivity index (χ0n) is 19.2. The standard InChI is InChI=1S/C26H24ClN3O4S/c1-33-21-11-3-17(4-12-21)16-30-25(32)23(15-24(31)28-19-7-5-18(27)6-8-19)35-26(30)29-20-9-13-22(34-2)14-10-20/h3-14,23H,15-16H2,1-2H3,(H,28,31)/t23-/m0/s1. The molecule has 180 valence electrons. The average Bonchev–Trinajstić information content (AvgIpc) is 3.15. The number of nitrogens with zero attached hydrogens (tertiary/aromatic N) is 2. The zero-order chi connectivity index (χ0) is 24.8. The van der Waals surface area contributed by atoms with Gasteiger partial charge in [-0.1, -0.05) is 35.5 Å². The average molecular weight is 510 g/mol. The fourth-order valence-electron chi connectivity index (χ4n) is 3.46. The second-order valence-corrected chi connectivity index (χ2v) is 9.34. The maximum absolute atomic E-state index is 13.3. The first-order valence-corrected chi connectivity index (χ1v) is 12.1. The lowest BCUT2D eigenvalue weighted by molar-refractivity contribution is -0.128. The normalized spacial score (nSPS) is 16.4. The molecule has 4 rings (SSSR count). The number of carbonyl (C=O) groups excluding carboxylic acids is 2. The minimum Gasteiger partial charge on any atom is -0.497 e. The van der Waals surface area contributed by atoms with E-state index in [0.717, 1.165) is 17.1 Å². The van der Waals surface area contributed by atoms with Crippen LogP contribution in [0.2, 0.25) is 5.02 Å².